The number of aliphatic hydroxyl groups is 1. The molecule has 1 heterocycles. The number of likely N-dealkylation sites (tertiary alicyclic amines) is 1. The lowest BCUT2D eigenvalue weighted by molar-refractivity contribution is -0.140. The topological polar surface area (TPSA) is 70.1 Å². The summed E-state index contributed by atoms with van der Waals surface area (Å²) < 4.78 is 5.65. The Bertz CT molecular complexity index is 937. The molecule has 2 aromatic carbocycles. The number of likely N-dealkylation sites (N-methyl/N-ethyl adjacent to an activating group) is 1. The fourth-order valence-corrected chi connectivity index (χ4v) is 3.51. The minimum Gasteiger partial charge on any atom is -0.507 e. The van der Waals surface area contributed by atoms with E-state index in [1.807, 2.05) is 56.3 Å². The molecular formula is C24H28N2O4. The number of amides is 1. The van der Waals surface area contributed by atoms with Crippen LogP contribution in [-0.2, 0) is 9.59 Å². The fourth-order valence-electron chi connectivity index (χ4n) is 3.51. The van der Waals surface area contributed by atoms with Crippen molar-refractivity contribution in [1.82, 2.24) is 9.80 Å². The molecule has 0 radical (unpaired) electrons. The number of Topliss-reactive ketones (excluding diaryl/α,β-unsaturated/α-hetero) is 1. The van der Waals surface area contributed by atoms with Gasteiger partial charge in [-0.3, -0.25) is 9.59 Å². The Balaban J connectivity index is 2.07. The number of ketones is 1. The maximum absolute atomic E-state index is 13.0. The molecule has 1 atom stereocenters. The lowest BCUT2D eigenvalue weighted by atomic mass is 9.95. The van der Waals surface area contributed by atoms with Crippen molar-refractivity contribution in [2.24, 2.45) is 0 Å². The largest absolute Gasteiger partial charge is 0.507 e. The highest BCUT2D eigenvalue weighted by Gasteiger charge is 2.45. The van der Waals surface area contributed by atoms with E-state index in [1.165, 1.54) is 0 Å². The fraction of sp³-hybridized carbons (Fsp3) is 0.333. The van der Waals surface area contributed by atoms with Crippen LogP contribution in [0.3, 0.4) is 0 Å². The van der Waals surface area contributed by atoms with E-state index < -0.39 is 17.7 Å². The average molecular weight is 408 g/mol. The molecule has 0 aromatic heterocycles. The van der Waals surface area contributed by atoms with E-state index in [9.17, 15) is 14.7 Å². The van der Waals surface area contributed by atoms with Crippen molar-refractivity contribution in [2.45, 2.75) is 19.4 Å². The summed E-state index contributed by atoms with van der Waals surface area (Å²) in [6.45, 7) is 3.56. The Labute approximate surface area is 177 Å². The van der Waals surface area contributed by atoms with Crippen molar-refractivity contribution in [3.8, 4) is 5.75 Å². The SMILES string of the molecule is CCCOc1cccc(C(O)=C2C(=O)C(=O)N(CCN(C)C)C2c2ccccc2)c1. The molecule has 0 aliphatic carbocycles. The van der Waals surface area contributed by atoms with Gasteiger partial charge in [-0.05, 0) is 38.2 Å². The smallest absolute Gasteiger partial charge is 0.295 e. The molecule has 1 amide bonds. The third-order valence-electron chi connectivity index (χ3n) is 5.02. The number of rotatable bonds is 8. The van der Waals surface area contributed by atoms with E-state index in [2.05, 4.69) is 0 Å². The summed E-state index contributed by atoms with van der Waals surface area (Å²) in [5.41, 5.74) is 1.35. The molecule has 0 bridgehead atoms. The van der Waals surface area contributed by atoms with Crippen molar-refractivity contribution < 1.29 is 19.4 Å². The van der Waals surface area contributed by atoms with Gasteiger partial charge >= 0.3 is 0 Å². The second-order valence-corrected chi connectivity index (χ2v) is 7.58. The van der Waals surface area contributed by atoms with Crippen LogP contribution in [0, 0.1) is 0 Å². The van der Waals surface area contributed by atoms with Crippen molar-refractivity contribution in [3.63, 3.8) is 0 Å². The van der Waals surface area contributed by atoms with Gasteiger partial charge in [0.05, 0.1) is 18.2 Å². The summed E-state index contributed by atoms with van der Waals surface area (Å²) in [6, 6.07) is 15.7. The van der Waals surface area contributed by atoms with Gasteiger partial charge < -0.3 is 19.6 Å². The maximum Gasteiger partial charge on any atom is 0.295 e. The van der Waals surface area contributed by atoms with Gasteiger partial charge in [-0.1, -0.05) is 49.4 Å². The summed E-state index contributed by atoms with van der Waals surface area (Å²) in [4.78, 5) is 29.3. The summed E-state index contributed by atoms with van der Waals surface area (Å²) >= 11 is 0. The maximum atomic E-state index is 13.0. The third-order valence-corrected chi connectivity index (χ3v) is 5.02. The van der Waals surface area contributed by atoms with E-state index in [-0.39, 0.29) is 11.3 Å². The first kappa shape index (κ1) is 21.6. The summed E-state index contributed by atoms with van der Waals surface area (Å²) in [7, 11) is 3.83. The number of hydrogen-bond acceptors (Lipinski definition) is 5. The van der Waals surface area contributed by atoms with E-state index >= 15 is 0 Å². The molecule has 0 spiro atoms. The van der Waals surface area contributed by atoms with Crippen LogP contribution < -0.4 is 4.74 Å². The van der Waals surface area contributed by atoms with Gasteiger partial charge in [0.15, 0.2) is 0 Å². The molecule has 1 fully saturated rings. The lowest BCUT2D eigenvalue weighted by Crippen LogP contribution is -2.35. The highest BCUT2D eigenvalue weighted by atomic mass is 16.5. The van der Waals surface area contributed by atoms with Crippen LogP contribution in [0.25, 0.3) is 5.76 Å². The van der Waals surface area contributed by atoms with Gasteiger partial charge in [-0.2, -0.15) is 0 Å². The molecular weight excluding hydrogens is 380 g/mol. The van der Waals surface area contributed by atoms with Gasteiger partial charge in [-0.15, -0.1) is 0 Å². The van der Waals surface area contributed by atoms with Crippen molar-refractivity contribution >= 4 is 17.4 Å². The monoisotopic (exact) mass is 408 g/mol. The molecule has 3 rings (SSSR count). The molecule has 158 valence electrons. The van der Waals surface area contributed by atoms with Gasteiger partial charge in [0.2, 0.25) is 0 Å². The molecule has 30 heavy (non-hydrogen) atoms. The Hall–Kier alpha value is -3.12. The molecule has 6 heteroatoms. The minimum absolute atomic E-state index is 0.109. The highest BCUT2D eigenvalue weighted by Crippen LogP contribution is 2.39. The highest BCUT2D eigenvalue weighted by molar-refractivity contribution is 6.46. The zero-order valence-electron chi connectivity index (χ0n) is 17.7. The molecule has 1 aliphatic heterocycles. The van der Waals surface area contributed by atoms with Crippen LogP contribution in [0.2, 0.25) is 0 Å². The summed E-state index contributed by atoms with van der Waals surface area (Å²) in [5.74, 6) is -0.832. The van der Waals surface area contributed by atoms with Crippen LogP contribution in [0.5, 0.6) is 5.75 Å². The van der Waals surface area contributed by atoms with Crippen LogP contribution in [0.15, 0.2) is 60.2 Å². The third kappa shape index (κ3) is 4.54. The standard InChI is InChI=1S/C24H28N2O4/c1-4-15-30-19-12-8-11-18(16-19)22(27)20-21(17-9-6-5-7-10-17)26(14-13-25(2)3)24(29)23(20)28/h5-12,16,21,27H,4,13-15H2,1-3H3. The normalized spacial score (nSPS) is 18.3. The Morgan fingerprint density at radius 1 is 1.10 bits per heavy atom. The van der Waals surface area contributed by atoms with Crippen molar-refractivity contribution in [2.75, 3.05) is 33.8 Å². The number of hydrogen-bond donors (Lipinski definition) is 1. The van der Waals surface area contributed by atoms with Gasteiger partial charge in [0.1, 0.15) is 11.5 Å². The first-order chi connectivity index (χ1) is 14.4. The van der Waals surface area contributed by atoms with E-state index in [0.29, 0.717) is 31.0 Å². The summed E-state index contributed by atoms with van der Waals surface area (Å²) in [5, 5.41) is 11.1. The van der Waals surface area contributed by atoms with Gasteiger partial charge in [0.25, 0.3) is 11.7 Å². The Kier molecular flexibility index (Phi) is 6.90. The molecule has 1 saturated heterocycles. The number of aliphatic hydroxyl groups excluding tert-OH is 1. The van der Waals surface area contributed by atoms with Gasteiger partial charge in [-0.25, -0.2) is 0 Å². The number of nitrogens with zero attached hydrogens (tertiary/aromatic N) is 2. The van der Waals surface area contributed by atoms with Crippen LogP contribution in [-0.4, -0.2) is 60.4 Å². The van der Waals surface area contributed by atoms with Crippen LogP contribution in [0.4, 0.5) is 0 Å². The van der Waals surface area contributed by atoms with Gasteiger partial charge in [0, 0.05) is 18.7 Å². The number of ether oxygens (including phenoxy) is 1. The molecule has 6 nitrogen and oxygen atoms in total. The van der Waals surface area contributed by atoms with Crippen molar-refractivity contribution in [1.29, 1.82) is 0 Å². The minimum atomic E-state index is -0.667. The van der Waals surface area contributed by atoms with Crippen molar-refractivity contribution in [3.05, 3.63) is 71.3 Å². The molecule has 0 saturated carbocycles. The Morgan fingerprint density at radius 2 is 1.83 bits per heavy atom. The molecule has 2 aromatic rings. The van der Waals surface area contributed by atoms with Crippen LogP contribution in [0.1, 0.15) is 30.5 Å². The predicted octanol–water partition coefficient (Wildman–Crippen LogP) is 3.46. The summed E-state index contributed by atoms with van der Waals surface area (Å²) in [6.07, 6.45) is 0.862. The zero-order valence-corrected chi connectivity index (χ0v) is 17.7. The predicted molar refractivity (Wildman–Crippen MR) is 116 cm³/mol. The first-order valence-corrected chi connectivity index (χ1v) is 10.1. The zero-order chi connectivity index (χ0) is 21.7. The number of benzene rings is 2. The molecule has 1 unspecified atom stereocenters. The quantitative estimate of drug-likeness (QED) is 0.412. The Morgan fingerprint density at radius 3 is 2.50 bits per heavy atom. The number of carbonyl (C=O) groups excluding carboxylic acids is 2. The molecule has 1 N–H and O–H groups in total. The second kappa shape index (κ2) is 9.59. The van der Waals surface area contributed by atoms with Crippen LogP contribution >= 0.6 is 0 Å². The molecule has 1 aliphatic rings. The first-order valence-electron chi connectivity index (χ1n) is 10.1. The van der Waals surface area contributed by atoms with E-state index in [4.69, 9.17) is 4.74 Å². The van der Waals surface area contributed by atoms with E-state index in [0.717, 1.165) is 12.0 Å². The number of carbonyl (C=O) groups is 2. The lowest BCUT2D eigenvalue weighted by Gasteiger charge is -2.26. The average Bonchev–Trinajstić information content (AvgIpc) is 3.01. The van der Waals surface area contributed by atoms with E-state index in [1.54, 1.807) is 29.2 Å². The second-order valence-electron chi connectivity index (χ2n) is 7.58.